The van der Waals surface area contributed by atoms with Crippen LogP contribution in [0.1, 0.15) is 44.1 Å². The van der Waals surface area contributed by atoms with Crippen molar-refractivity contribution in [2.24, 2.45) is 0 Å². The zero-order valence-corrected chi connectivity index (χ0v) is 23.8. The molecular weight excluding hydrogens is 559 g/mol. The highest BCUT2D eigenvalue weighted by molar-refractivity contribution is 6.33. The number of nitrogens with one attached hydrogen (secondary N) is 2. The molecule has 216 valence electrons. The second-order valence-electron chi connectivity index (χ2n) is 11.9. The zero-order valence-electron chi connectivity index (χ0n) is 23.0. The first-order chi connectivity index (χ1) is 20.5. The quantitative estimate of drug-likeness (QED) is 0.324. The Morgan fingerprint density at radius 2 is 1.93 bits per heavy atom. The third kappa shape index (κ3) is 4.07. The van der Waals surface area contributed by atoms with Crippen LogP contribution in [0.2, 0.25) is 5.02 Å². The van der Waals surface area contributed by atoms with Crippen molar-refractivity contribution in [3.05, 3.63) is 40.9 Å². The Labute approximate surface area is 246 Å². The molecule has 0 spiro atoms. The number of hydrogen-bond acceptors (Lipinski definition) is 9. The van der Waals surface area contributed by atoms with E-state index in [4.69, 9.17) is 26.1 Å². The minimum atomic E-state index is -0.638. The molecule has 10 nitrogen and oxygen atoms in total. The van der Waals surface area contributed by atoms with E-state index in [0.29, 0.717) is 40.7 Å². The van der Waals surface area contributed by atoms with Crippen LogP contribution in [0, 0.1) is 17.1 Å². The molecule has 3 aromatic heterocycles. The highest BCUT2D eigenvalue weighted by Gasteiger charge is 2.45. The van der Waals surface area contributed by atoms with Gasteiger partial charge >= 0.3 is 0 Å². The summed E-state index contributed by atoms with van der Waals surface area (Å²) < 4.78 is 27.5. The first-order valence-electron chi connectivity index (χ1n) is 14.6. The van der Waals surface area contributed by atoms with Crippen LogP contribution in [0.3, 0.4) is 0 Å². The Morgan fingerprint density at radius 1 is 1.14 bits per heavy atom. The molecule has 2 unspecified atom stereocenters. The van der Waals surface area contributed by atoms with Gasteiger partial charge in [-0.1, -0.05) is 11.6 Å². The number of fused-ring (bicyclic) bond motifs is 5. The van der Waals surface area contributed by atoms with E-state index >= 15 is 0 Å². The van der Waals surface area contributed by atoms with E-state index in [2.05, 4.69) is 36.4 Å². The molecule has 42 heavy (non-hydrogen) atoms. The standard InChI is InChI=1S/C30H30ClFN8O2/c31-24-22(32)11-23-21(13-35-38-23)27(24)42-29-25-19(5-8-34-29)26(39-14-17-3-4-18(15-39)36-17)20(12-33)28(37-25)41-16-30-6-1-9-40(30)10-2-7-30/h5,8,11,13,17-18,36H,1-4,6-7,9-10,14-16H2,(H,35,38). The largest absolute Gasteiger partial charge is 0.475 e. The van der Waals surface area contributed by atoms with Crippen LogP contribution in [-0.4, -0.2) is 75.5 Å². The summed E-state index contributed by atoms with van der Waals surface area (Å²) in [5.41, 5.74) is 2.05. The Morgan fingerprint density at radius 3 is 2.69 bits per heavy atom. The predicted molar refractivity (Wildman–Crippen MR) is 156 cm³/mol. The summed E-state index contributed by atoms with van der Waals surface area (Å²) >= 11 is 6.40. The smallest absolute Gasteiger partial charge is 0.246 e. The molecule has 8 rings (SSSR count). The van der Waals surface area contributed by atoms with Crippen LogP contribution < -0.4 is 19.7 Å². The van der Waals surface area contributed by atoms with Crippen LogP contribution in [0.15, 0.2) is 24.5 Å². The van der Waals surface area contributed by atoms with Gasteiger partial charge < -0.3 is 19.7 Å². The van der Waals surface area contributed by atoms with E-state index < -0.39 is 5.82 Å². The van der Waals surface area contributed by atoms with Gasteiger partial charge in [0.15, 0.2) is 5.75 Å². The minimum absolute atomic E-state index is 0.0199. The topological polar surface area (TPSA) is 115 Å². The van der Waals surface area contributed by atoms with Crippen molar-refractivity contribution >= 4 is 39.1 Å². The van der Waals surface area contributed by atoms with E-state index in [9.17, 15) is 9.65 Å². The second-order valence-corrected chi connectivity index (χ2v) is 12.3. The summed E-state index contributed by atoms with van der Waals surface area (Å²) in [5, 5.41) is 22.1. The molecular formula is C30H30ClFN8O2. The average Bonchev–Trinajstić information content (AvgIpc) is 3.78. The molecule has 4 aliphatic heterocycles. The van der Waals surface area contributed by atoms with Crippen molar-refractivity contribution in [3.8, 4) is 23.6 Å². The maximum atomic E-state index is 14.7. The fraction of sp³-hybridized carbons (Fsp3) is 0.467. The van der Waals surface area contributed by atoms with Crippen LogP contribution >= 0.6 is 11.6 Å². The molecule has 2 N–H and O–H groups in total. The normalized spacial score (nSPS) is 23.0. The molecule has 0 amide bonds. The molecule has 0 aliphatic carbocycles. The van der Waals surface area contributed by atoms with Gasteiger partial charge in [-0.2, -0.15) is 10.4 Å². The maximum Gasteiger partial charge on any atom is 0.246 e. The highest BCUT2D eigenvalue weighted by atomic mass is 35.5. The van der Waals surface area contributed by atoms with Gasteiger partial charge in [-0.05, 0) is 57.7 Å². The van der Waals surface area contributed by atoms with Crippen molar-refractivity contribution in [2.45, 2.75) is 56.1 Å². The van der Waals surface area contributed by atoms with Crippen LogP contribution in [0.4, 0.5) is 10.1 Å². The van der Waals surface area contributed by atoms with E-state index in [1.54, 1.807) is 6.20 Å². The van der Waals surface area contributed by atoms with Crippen LogP contribution in [0.5, 0.6) is 17.5 Å². The zero-order chi connectivity index (χ0) is 28.4. The Bertz CT molecular complexity index is 1730. The number of hydrogen-bond donors (Lipinski definition) is 2. The number of ether oxygens (including phenoxy) is 2. The van der Waals surface area contributed by atoms with E-state index in [1.807, 2.05) is 6.07 Å². The van der Waals surface area contributed by atoms with Crippen molar-refractivity contribution in [3.63, 3.8) is 0 Å². The van der Waals surface area contributed by atoms with Gasteiger partial charge in [0.25, 0.3) is 0 Å². The number of rotatable bonds is 6. The lowest BCUT2D eigenvalue weighted by molar-refractivity contribution is 0.111. The van der Waals surface area contributed by atoms with Gasteiger partial charge in [-0.3, -0.25) is 10.00 Å². The summed E-state index contributed by atoms with van der Waals surface area (Å²) in [4.78, 5) is 14.2. The molecule has 0 radical (unpaired) electrons. The molecule has 1 aromatic carbocycles. The third-order valence-electron chi connectivity index (χ3n) is 9.54. The Kier molecular flexibility index (Phi) is 6.14. The number of nitriles is 1. The van der Waals surface area contributed by atoms with Gasteiger partial charge in [0.1, 0.15) is 34.6 Å². The summed E-state index contributed by atoms with van der Waals surface area (Å²) in [6, 6.07) is 6.28. The fourth-order valence-corrected chi connectivity index (χ4v) is 7.77. The molecule has 2 atom stereocenters. The number of aromatic amines is 1. The molecule has 4 fully saturated rings. The maximum absolute atomic E-state index is 14.7. The molecule has 4 saturated heterocycles. The SMILES string of the molecule is N#Cc1c(OCC23CCCN2CCC3)nc2c(Oc3c(Cl)c(F)cc4[nH]ncc34)nccc2c1N1CC2CCC(C1)N2. The molecule has 4 aromatic rings. The number of H-pyrrole nitrogens is 1. The van der Waals surface area contributed by atoms with Crippen molar-refractivity contribution in [1.29, 1.82) is 5.26 Å². The lowest BCUT2D eigenvalue weighted by atomic mass is 9.95. The van der Waals surface area contributed by atoms with Crippen molar-refractivity contribution in [1.82, 2.24) is 30.4 Å². The first kappa shape index (κ1) is 25.9. The van der Waals surface area contributed by atoms with Gasteiger partial charge in [0, 0.05) is 42.8 Å². The molecule has 12 heteroatoms. The molecule has 0 saturated carbocycles. The highest BCUT2D eigenvalue weighted by Crippen LogP contribution is 2.44. The van der Waals surface area contributed by atoms with E-state index in [1.165, 1.54) is 12.3 Å². The Hall–Kier alpha value is -3.72. The third-order valence-corrected chi connectivity index (χ3v) is 9.89. The lowest BCUT2D eigenvalue weighted by Crippen LogP contribution is -2.51. The number of pyridine rings is 2. The van der Waals surface area contributed by atoms with Crippen LogP contribution in [-0.2, 0) is 0 Å². The fourth-order valence-electron chi connectivity index (χ4n) is 7.58. The van der Waals surface area contributed by atoms with Crippen LogP contribution in [0.25, 0.3) is 21.8 Å². The lowest BCUT2D eigenvalue weighted by Gasteiger charge is -2.36. The number of aromatic nitrogens is 4. The minimum Gasteiger partial charge on any atom is -0.475 e. The number of piperazine rings is 1. The average molecular weight is 589 g/mol. The number of halogens is 2. The summed E-state index contributed by atoms with van der Waals surface area (Å²) in [6.07, 6.45) is 9.80. The van der Waals surface area contributed by atoms with Gasteiger partial charge in [0.2, 0.25) is 11.8 Å². The summed E-state index contributed by atoms with van der Waals surface area (Å²) in [5.74, 6) is -0.114. The van der Waals surface area contributed by atoms with Crippen molar-refractivity contribution < 1.29 is 13.9 Å². The monoisotopic (exact) mass is 588 g/mol. The van der Waals surface area contributed by atoms with E-state index in [-0.39, 0.29) is 28.1 Å². The number of benzene rings is 1. The molecule has 7 heterocycles. The van der Waals surface area contributed by atoms with Gasteiger partial charge in [-0.15, -0.1) is 0 Å². The van der Waals surface area contributed by atoms with Crippen molar-refractivity contribution in [2.75, 3.05) is 37.7 Å². The second kappa shape index (κ2) is 9.93. The first-order valence-corrected chi connectivity index (χ1v) is 15.0. The summed E-state index contributed by atoms with van der Waals surface area (Å²) in [6.45, 7) is 4.16. The predicted octanol–water partition coefficient (Wildman–Crippen LogP) is 4.91. The number of nitrogens with zero attached hydrogens (tertiary/aromatic N) is 6. The number of anilines is 1. The van der Waals surface area contributed by atoms with Gasteiger partial charge in [-0.25, -0.2) is 14.4 Å². The molecule has 4 aliphatic rings. The Balaban J connectivity index is 1.27. The molecule has 2 bridgehead atoms. The summed E-state index contributed by atoms with van der Waals surface area (Å²) in [7, 11) is 0. The van der Waals surface area contributed by atoms with Gasteiger partial charge in [0.05, 0.1) is 28.3 Å². The van der Waals surface area contributed by atoms with E-state index in [0.717, 1.165) is 75.8 Å².